The van der Waals surface area contributed by atoms with Gasteiger partial charge in [-0.2, -0.15) is 4.98 Å². The zero-order chi connectivity index (χ0) is 13.7. The molecule has 2 rings (SSSR count). The number of hydrogen-bond donors (Lipinski definition) is 2. The first kappa shape index (κ1) is 13.8. The summed E-state index contributed by atoms with van der Waals surface area (Å²) in [6.45, 7) is 0.491. The maximum atomic E-state index is 9.27. The highest BCUT2D eigenvalue weighted by Crippen LogP contribution is 2.19. The van der Waals surface area contributed by atoms with Gasteiger partial charge in [-0.15, -0.1) is 0 Å². The van der Waals surface area contributed by atoms with E-state index < -0.39 is 0 Å². The summed E-state index contributed by atoms with van der Waals surface area (Å²) in [6.07, 6.45) is 0. The standard InChI is InChI=1S/C12H12ClN3O2S/c13-8-1-3-9(4-2-8)18-5-6-19-12-15-10(14)7-11(17)16-12/h1-4,7H,5-6H2,(H3,14,15,16,17). The molecule has 0 aliphatic carbocycles. The summed E-state index contributed by atoms with van der Waals surface area (Å²) < 4.78 is 5.51. The minimum absolute atomic E-state index is 0.131. The molecule has 3 N–H and O–H groups in total. The molecule has 7 heteroatoms. The van der Waals surface area contributed by atoms with Crippen molar-refractivity contribution in [3.05, 3.63) is 35.4 Å². The summed E-state index contributed by atoms with van der Waals surface area (Å²) in [4.78, 5) is 7.83. The van der Waals surface area contributed by atoms with E-state index in [0.717, 1.165) is 5.75 Å². The van der Waals surface area contributed by atoms with Gasteiger partial charge in [0.1, 0.15) is 11.6 Å². The fourth-order valence-corrected chi connectivity index (χ4v) is 2.12. The Labute approximate surface area is 119 Å². The molecule has 0 spiro atoms. The lowest BCUT2D eigenvalue weighted by Gasteiger charge is -2.05. The van der Waals surface area contributed by atoms with Crippen molar-refractivity contribution in [3.8, 4) is 11.6 Å². The summed E-state index contributed by atoms with van der Waals surface area (Å²) in [6, 6.07) is 8.44. The second kappa shape index (κ2) is 6.49. The van der Waals surface area contributed by atoms with E-state index in [1.165, 1.54) is 17.8 Å². The Bertz CT molecular complexity index is 531. The molecule has 0 fully saturated rings. The van der Waals surface area contributed by atoms with Crippen molar-refractivity contribution in [2.75, 3.05) is 18.1 Å². The molecule has 1 aromatic carbocycles. The van der Waals surface area contributed by atoms with Crippen LogP contribution in [0.15, 0.2) is 35.5 Å². The van der Waals surface area contributed by atoms with E-state index in [4.69, 9.17) is 22.1 Å². The molecular weight excluding hydrogens is 286 g/mol. The highest BCUT2D eigenvalue weighted by molar-refractivity contribution is 7.99. The lowest BCUT2D eigenvalue weighted by molar-refractivity contribution is 0.344. The monoisotopic (exact) mass is 297 g/mol. The summed E-state index contributed by atoms with van der Waals surface area (Å²) in [5.74, 6) is 1.51. The van der Waals surface area contributed by atoms with E-state index >= 15 is 0 Å². The number of nitrogens with zero attached hydrogens (tertiary/aromatic N) is 2. The molecule has 0 saturated carbocycles. The number of aromatic nitrogens is 2. The zero-order valence-corrected chi connectivity index (χ0v) is 11.5. The Hall–Kier alpha value is -1.66. The van der Waals surface area contributed by atoms with Gasteiger partial charge in [0.05, 0.1) is 6.61 Å². The number of nitrogen functional groups attached to an aromatic ring is 1. The van der Waals surface area contributed by atoms with Crippen molar-refractivity contribution in [1.29, 1.82) is 0 Å². The number of thioether (sulfide) groups is 1. The first-order chi connectivity index (χ1) is 9.13. The predicted octanol–water partition coefficient (Wildman–Crippen LogP) is 2.59. The highest BCUT2D eigenvalue weighted by Gasteiger charge is 2.02. The fraction of sp³-hybridized carbons (Fsp3) is 0.167. The van der Waals surface area contributed by atoms with Crippen LogP contribution in [-0.2, 0) is 0 Å². The largest absolute Gasteiger partial charge is 0.493 e. The van der Waals surface area contributed by atoms with Crippen LogP contribution in [0, 0.1) is 0 Å². The smallest absolute Gasteiger partial charge is 0.216 e. The average Bonchev–Trinajstić information content (AvgIpc) is 2.36. The normalized spacial score (nSPS) is 10.4. The van der Waals surface area contributed by atoms with E-state index in [9.17, 15) is 5.11 Å². The Morgan fingerprint density at radius 3 is 2.68 bits per heavy atom. The van der Waals surface area contributed by atoms with Crippen molar-refractivity contribution >= 4 is 29.2 Å². The van der Waals surface area contributed by atoms with Gasteiger partial charge in [0.15, 0.2) is 5.16 Å². The number of hydrogen-bond acceptors (Lipinski definition) is 6. The molecular formula is C12H12ClN3O2S. The molecule has 0 bridgehead atoms. The van der Waals surface area contributed by atoms with Gasteiger partial charge < -0.3 is 15.6 Å². The Kier molecular flexibility index (Phi) is 4.70. The van der Waals surface area contributed by atoms with Crippen molar-refractivity contribution < 1.29 is 9.84 Å². The molecule has 1 heterocycles. The first-order valence-corrected chi connectivity index (χ1v) is 6.84. The lowest BCUT2D eigenvalue weighted by atomic mass is 10.3. The number of nitrogens with two attached hydrogens (primary N) is 1. The molecule has 0 radical (unpaired) electrons. The van der Waals surface area contributed by atoms with Gasteiger partial charge in [0, 0.05) is 16.8 Å². The average molecular weight is 298 g/mol. The summed E-state index contributed by atoms with van der Waals surface area (Å²) in [5.41, 5.74) is 5.50. The number of benzene rings is 1. The quantitative estimate of drug-likeness (QED) is 0.501. The van der Waals surface area contributed by atoms with Crippen LogP contribution >= 0.6 is 23.4 Å². The number of aromatic hydroxyl groups is 1. The molecule has 0 saturated heterocycles. The van der Waals surface area contributed by atoms with Crippen molar-refractivity contribution in [1.82, 2.24) is 9.97 Å². The topological polar surface area (TPSA) is 81.3 Å². The van der Waals surface area contributed by atoms with Gasteiger partial charge in [-0.3, -0.25) is 0 Å². The number of rotatable bonds is 5. The maximum absolute atomic E-state index is 9.27. The van der Waals surface area contributed by atoms with Crippen LogP contribution in [0.4, 0.5) is 5.82 Å². The molecule has 2 aromatic rings. The van der Waals surface area contributed by atoms with Crippen LogP contribution in [0.2, 0.25) is 5.02 Å². The highest BCUT2D eigenvalue weighted by atomic mass is 35.5. The number of halogens is 1. The molecule has 0 aliphatic rings. The predicted molar refractivity (Wildman–Crippen MR) is 75.8 cm³/mol. The van der Waals surface area contributed by atoms with Gasteiger partial charge in [-0.1, -0.05) is 23.4 Å². The van der Waals surface area contributed by atoms with Gasteiger partial charge in [0.2, 0.25) is 5.88 Å². The minimum atomic E-state index is -0.131. The molecule has 0 amide bonds. The Morgan fingerprint density at radius 1 is 1.26 bits per heavy atom. The van der Waals surface area contributed by atoms with E-state index in [1.807, 2.05) is 0 Å². The van der Waals surface area contributed by atoms with Crippen LogP contribution in [0.1, 0.15) is 0 Å². The Balaban J connectivity index is 1.79. The molecule has 5 nitrogen and oxygen atoms in total. The van der Waals surface area contributed by atoms with Gasteiger partial charge >= 0.3 is 0 Å². The van der Waals surface area contributed by atoms with Gasteiger partial charge in [0.25, 0.3) is 0 Å². The minimum Gasteiger partial charge on any atom is -0.493 e. The van der Waals surface area contributed by atoms with Crippen LogP contribution < -0.4 is 10.5 Å². The molecule has 0 unspecified atom stereocenters. The van der Waals surface area contributed by atoms with E-state index in [-0.39, 0.29) is 11.7 Å². The zero-order valence-electron chi connectivity index (χ0n) is 9.91. The Morgan fingerprint density at radius 2 is 2.00 bits per heavy atom. The van der Waals surface area contributed by atoms with E-state index in [2.05, 4.69) is 9.97 Å². The summed E-state index contributed by atoms with van der Waals surface area (Å²) in [5, 5.41) is 10.4. The third-order valence-electron chi connectivity index (χ3n) is 2.11. The molecule has 100 valence electrons. The van der Waals surface area contributed by atoms with E-state index in [0.29, 0.717) is 22.5 Å². The molecule has 0 atom stereocenters. The van der Waals surface area contributed by atoms with Gasteiger partial charge in [-0.05, 0) is 24.3 Å². The molecule has 1 aromatic heterocycles. The SMILES string of the molecule is Nc1cc(O)nc(SCCOc2ccc(Cl)cc2)n1. The second-order valence-electron chi connectivity index (χ2n) is 3.58. The van der Waals surface area contributed by atoms with Crippen LogP contribution in [0.5, 0.6) is 11.6 Å². The van der Waals surface area contributed by atoms with Crippen LogP contribution in [-0.4, -0.2) is 27.4 Å². The van der Waals surface area contributed by atoms with Crippen molar-refractivity contribution in [2.45, 2.75) is 5.16 Å². The fourth-order valence-electron chi connectivity index (χ4n) is 1.32. The summed E-state index contributed by atoms with van der Waals surface area (Å²) >= 11 is 7.13. The van der Waals surface area contributed by atoms with Crippen molar-refractivity contribution in [3.63, 3.8) is 0 Å². The maximum Gasteiger partial charge on any atom is 0.216 e. The second-order valence-corrected chi connectivity index (χ2v) is 5.08. The molecule has 0 aliphatic heterocycles. The number of anilines is 1. The van der Waals surface area contributed by atoms with E-state index in [1.54, 1.807) is 24.3 Å². The lowest BCUT2D eigenvalue weighted by Crippen LogP contribution is -2.01. The van der Waals surface area contributed by atoms with Crippen molar-refractivity contribution in [2.24, 2.45) is 0 Å². The first-order valence-electron chi connectivity index (χ1n) is 5.48. The molecule has 19 heavy (non-hydrogen) atoms. The number of ether oxygens (including phenoxy) is 1. The van der Waals surface area contributed by atoms with Crippen LogP contribution in [0.3, 0.4) is 0 Å². The summed E-state index contributed by atoms with van der Waals surface area (Å²) in [7, 11) is 0. The third kappa shape index (κ3) is 4.50. The van der Waals surface area contributed by atoms with Gasteiger partial charge in [-0.25, -0.2) is 4.98 Å². The third-order valence-corrected chi connectivity index (χ3v) is 3.17. The van der Waals surface area contributed by atoms with Crippen LogP contribution in [0.25, 0.3) is 0 Å².